The predicted molar refractivity (Wildman–Crippen MR) is 98.7 cm³/mol. The summed E-state index contributed by atoms with van der Waals surface area (Å²) in [7, 11) is 0. The molecule has 4 rings (SSSR count). The lowest BCUT2D eigenvalue weighted by Gasteiger charge is -2.22. The number of anilines is 2. The lowest BCUT2D eigenvalue weighted by Crippen LogP contribution is -2.28. The fourth-order valence-corrected chi connectivity index (χ4v) is 3.17. The van der Waals surface area contributed by atoms with Gasteiger partial charge in [0.2, 0.25) is 5.91 Å². The fourth-order valence-electron chi connectivity index (χ4n) is 3.17. The minimum Gasteiger partial charge on any atom is -0.486 e. The van der Waals surface area contributed by atoms with E-state index in [1.807, 2.05) is 0 Å². The highest BCUT2D eigenvalue weighted by atomic mass is 16.6. The molecule has 2 aliphatic heterocycles. The van der Waals surface area contributed by atoms with Gasteiger partial charge in [0.15, 0.2) is 23.9 Å². The minimum atomic E-state index is -0.655. The van der Waals surface area contributed by atoms with Crippen LogP contribution in [0.3, 0.4) is 0 Å². The number of aromatic nitrogens is 1. The molecule has 1 N–H and O–H groups in total. The molecular formula is C19H19N3O7. The van der Waals surface area contributed by atoms with E-state index in [0.717, 1.165) is 0 Å². The van der Waals surface area contributed by atoms with Crippen molar-refractivity contribution >= 4 is 29.3 Å². The van der Waals surface area contributed by atoms with Gasteiger partial charge in [-0.1, -0.05) is 5.16 Å². The van der Waals surface area contributed by atoms with Gasteiger partial charge >= 0.3 is 5.97 Å². The average molecular weight is 401 g/mol. The number of benzene rings is 1. The molecule has 0 saturated carbocycles. The number of hydrogen-bond acceptors (Lipinski definition) is 8. The number of carbonyl (C=O) groups is 3. The molecule has 2 aliphatic rings. The summed E-state index contributed by atoms with van der Waals surface area (Å²) in [5.41, 5.74) is 0.619. The number of nitrogens with zero attached hydrogens (tertiary/aromatic N) is 2. The summed E-state index contributed by atoms with van der Waals surface area (Å²) in [5, 5.41) is 6.08. The van der Waals surface area contributed by atoms with E-state index in [9.17, 15) is 14.4 Å². The largest absolute Gasteiger partial charge is 0.486 e. The van der Waals surface area contributed by atoms with Gasteiger partial charge in [0.1, 0.15) is 19.0 Å². The van der Waals surface area contributed by atoms with E-state index < -0.39 is 24.4 Å². The van der Waals surface area contributed by atoms with Gasteiger partial charge in [-0.3, -0.25) is 14.4 Å². The molecule has 0 bridgehead atoms. The van der Waals surface area contributed by atoms with Crippen LogP contribution < -0.4 is 19.7 Å². The Morgan fingerprint density at radius 1 is 1.24 bits per heavy atom. The number of rotatable bonds is 5. The van der Waals surface area contributed by atoms with E-state index in [0.29, 0.717) is 36.2 Å². The summed E-state index contributed by atoms with van der Waals surface area (Å²) in [4.78, 5) is 38.0. The molecule has 10 heteroatoms. The average Bonchev–Trinajstić information content (AvgIpc) is 3.31. The van der Waals surface area contributed by atoms with Gasteiger partial charge in [0, 0.05) is 30.8 Å². The summed E-state index contributed by atoms with van der Waals surface area (Å²) in [6.07, 6.45) is 0.0113. The summed E-state index contributed by atoms with van der Waals surface area (Å²) in [6.45, 7) is 2.30. The molecule has 3 heterocycles. The number of esters is 1. The van der Waals surface area contributed by atoms with Gasteiger partial charge in [-0.2, -0.15) is 0 Å². The highest BCUT2D eigenvalue weighted by Crippen LogP contribution is 2.36. The van der Waals surface area contributed by atoms with Gasteiger partial charge in [-0.15, -0.1) is 0 Å². The molecular weight excluding hydrogens is 382 g/mol. The Morgan fingerprint density at radius 3 is 2.79 bits per heavy atom. The van der Waals surface area contributed by atoms with Gasteiger partial charge in [0.05, 0.1) is 5.92 Å². The van der Waals surface area contributed by atoms with Crippen LogP contribution in [0.1, 0.15) is 12.2 Å². The second-order valence-corrected chi connectivity index (χ2v) is 6.71. The van der Waals surface area contributed by atoms with Crippen LogP contribution in [0.25, 0.3) is 0 Å². The summed E-state index contributed by atoms with van der Waals surface area (Å²) in [6, 6.07) is 6.74. The number of nitrogens with one attached hydrogen (secondary N) is 1. The van der Waals surface area contributed by atoms with Crippen LogP contribution in [0, 0.1) is 12.8 Å². The van der Waals surface area contributed by atoms with Crippen LogP contribution in [0.4, 0.5) is 11.5 Å². The number of aryl methyl sites for hydroxylation is 1. The molecule has 0 radical (unpaired) electrons. The fraction of sp³-hybridized carbons (Fsp3) is 0.368. The number of ether oxygens (including phenoxy) is 3. The maximum atomic E-state index is 12.4. The molecule has 10 nitrogen and oxygen atoms in total. The molecule has 2 aromatic rings. The van der Waals surface area contributed by atoms with Crippen molar-refractivity contribution in [2.24, 2.45) is 5.92 Å². The SMILES string of the molecule is Cc1cc(NC(=O)COC(=O)[C@@H]2CC(=O)N(c3ccc4c(c3)OCCO4)C2)no1. The number of amides is 2. The summed E-state index contributed by atoms with van der Waals surface area (Å²) < 4.78 is 20.9. The lowest BCUT2D eigenvalue weighted by atomic mass is 10.1. The quantitative estimate of drug-likeness (QED) is 0.744. The lowest BCUT2D eigenvalue weighted by molar-refractivity contribution is -0.151. The van der Waals surface area contributed by atoms with Crippen molar-refractivity contribution in [1.82, 2.24) is 5.16 Å². The first-order chi connectivity index (χ1) is 14.0. The maximum Gasteiger partial charge on any atom is 0.311 e. The van der Waals surface area contributed by atoms with Crippen molar-refractivity contribution < 1.29 is 33.1 Å². The predicted octanol–water partition coefficient (Wildman–Crippen LogP) is 1.29. The number of carbonyl (C=O) groups excluding carboxylic acids is 3. The second-order valence-electron chi connectivity index (χ2n) is 6.71. The third-order valence-electron chi connectivity index (χ3n) is 4.54. The van der Waals surface area contributed by atoms with E-state index >= 15 is 0 Å². The third kappa shape index (κ3) is 4.15. The molecule has 0 aliphatic carbocycles. The smallest absolute Gasteiger partial charge is 0.311 e. The highest BCUT2D eigenvalue weighted by molar-refractivity contribution is 6.00. The van der Waals surface area contributed by atoms with Crippen molar-refractivity contribution in [3.8, 4) is 11.5 Å². The highest BCUT2D eigenvalue weighted by Gasteiger charge is 2.36. The Kier molecular flexibility index (Phi) is 5.07. The van der Waals surface area contributed by atoms with Gasteiger partial charge in [0.25, 0.3) is 5.91 Å². The number of hydrogen-bond donors (Lipinski definition) is 1. The van der Waals surface area contributed by atoms with Gasteiger partial charge in [-0.25, -0.2) is 0 Å². The van der Waals surface area contributed by atoms with Crippen molar-refractivity contribution in [1.29, 1.82) is 0 Å². The van der Waals surface area contributed by atoms with Crippen LogP contribution in [0.2, 0.25) is 0 Å². The maximum absolute atomic E-state index is 12.4. The summed E-state index contributed by atoms with van der Waals surface area (Å²) in [5.74, 6) is -0.0397. The number of fused-ring (bicyclic) bond motifs is 1. The molecule has 0 spiro atoms. The van der Waals surface area contributed by atoms with Crippen molar-refractivity contribution in [3.05, 3.63) is 30.0 Å². The molecule has 2 amide bonds. The van der Waals surface area contributed by atoms with Crippen LogP contribution >= 0.6 is 0 Å². The molecule has 0 unspecified atom stereocenters. The summed E-state index contributed by atoms with van der Waals surface area (Å²) >= 11 is 0. The van der Waals surface area contributed by atoms with E-state index in [4.69, 9.17) is 18.7 Å². The monoisotopic (exact) mass is 401 g/mol. The topological polar surface area (TPSA) is 120 Å². The second kappa shape index (κ2) is 7.82. The molecule has 29 heavy (non-hydrogen) atoms. The zero-order valence-corrected chi connectivity index (χ0v) is 15.7. The molecule has 1 aromatic heterocycles. The van der Waals surface area contributed by atoms with Crippen LogP contribution in [-0.4, -0.2) is 49.3 Å². The van der Waals surface area contributed by atoms with Crippen LogP contribution in [0.15, 0.2) is 28.8 Å². The van der Waals surface area contributed by atoms with Crippen molar-refractivity contribution in [2.75, 3.05) is 36.6 Å². The van der Waals surface area contributed by atoms with Crippen LogP contribution in [0.5, 0.6) is 11.5 Å². The van der Waals surface area contributed by atoms with E-state index in [2.05, 4.69) is 10.5 Å². The molecule has 1 saturated heterocycles. The Labute approximate surface area is 165 Å². The zero-order chi connectivity index (χ0) is 20.4. The Hall–Kier alpha value is -3.56. The van der Waals surface area contributed by atoms with Gasteiger partial charge < -0.3 is 29.0 Å². The first kappa shape index (κ1) is 18.8. The van der Waals surface area contributed by atoms with Crippen LogP contribution in [-0.2, 0) is 19.1 Å². The first-order valence-electron chi connectivity index (χ1n) is 9.09. The van der Waals surface area contributed by atoms with Gasteiger partial charge in [-0.05, 0) is 19.1 Å². The van der Waals surface area contributed by atoms with Crippen molar-refractivity contribution in [2.45, 2.75) is 13.3 Å². The normalized spacial score (nSPS) is 17.9. The van der Waals surface area contributed by atoms with E-state index in [1.54, 1.807) is 31.2 Å². The zero-order valence-electron chi connectivity index (χ0n) is 15.7. The molecule has 1 aromatic carbocycles. The molecule has 1 fully saturated rings. The Balaban J connectivity index is 1.32. The standard InChI is InChI=1S/C19H19N3O7/c1-11-6-16(21-29-11)20-17(23)10-28-19(25)12-7-18(24)22(9-12)13-2-3-14-15(8-13)27-5-4-26-14/h2-3,6,8,12H,4-5,7,9-10H2,1H3,(H,20,21,23)/t12-/m1/s1. The minimum absolute atomic E-state index is 0.0113. The van der Waals surface area contributed by atoms with E-state index in [1.165, 1.54) is 4.90 Å². The van der Waals surface area contributed by atoms with Crippen molar-refractivity contribution in [3.63, 3.8) is 0 Å². The Morgan fingerprint density at radius 2 is 2.03 bits per heavy atom. The first-order valence-corrected chi connectivity index (χ1v) is 9.09. The molecule has 1 atom stereocenters. The van der Waals surface area contributed by atoms with E-state index in [-0.39, 0.29) is 24.7 Å². The molecule has 152 valence electrons. The third-order valence-corrected chi connectivity index (χ3v) is 4.54. The Bertz CT molecular complexity index is 955.